The molecule has 8 heteroatoms. The molecule has 1 aliphatic carbocycles. The maximum absolute atomic E-state index is 13.5. The van der Waals surface area contributed by atoms with Gasteiger partial charge in [-0.05, 0) is 43.0 Å². The third kappa shape index (κ3) is 2.94. The van der Waals surface area contributed by atoms with E-state index in [4.69, 9.17) is 10.5 Å². The summed E-state index contributed by atoms with van der Waals surface area (Å²) in [7, 11) is -1.84. The van der Waals surface area contributed by atoms with Crippen molar-refractivity contribution in [2.45, 2.75) is 35.8 Å². The van der Waals surface area contributed by atoms with Crippen molar-refractivity contribution in [3.8, 4) is 0 Å². The lowest BCUT2D eigenvalue weighted by molar-refractivity contribution is -0.145. The molecule has 24 heavy (non-hydrogen) atoms. The van der Waals surface area contributed by atoms with Crippen LogP contribution in [0.2, 0.25) is 0 Å². The number of nitrogens with two attached hydrogens (primary N) is 1. The number of carbonyl (C=O) groups is 1. The van der Waals surface area contributed by atoms with Gasteiger partial charge in [0, 0.05) is 19.6 Å². The van der Waals surface area contributed by atoms with E-state index in [1.807, 2.05) is 0 Å². The summed E-state index contributed by atoms with van der Waals surface area (Å²) in [6, 6.07) is 3.09. The molecule has 1 atom stereocenters. The molecule has 1 amide bonds. The highest BCUT2D eigenvalue weighted by molar-refractivity contribution is 7.91. The SMILES string of the molecule is COC1(CN)CC(C(=O)NC2CCS(=O)(=O)c3ccc(F)cc32)C1. The Morgan fingerprint density at radius 2 is 2.17 bits per heavy atom. The molecule has 2 aliphatic rings. The molecular weight excluding hydrogens is 335 g/mol. The van der Waals surface area contributed by atoms with Crippen molar-refractivity contribution in [2.24, 2.45) is 11.7 Å². The number of benzene rings is 1. The average molecular weight is 356 g/mol. The minimum absolute atomic E-state index is 0.0634. The van der Waals surface area contributed by atoms with Crippen LogP contribution in [0.5, 0.6) is 0 Å². The van der Waals surface area contributed by atoms with Gasteiger partial charge in [-0.15, -0.1) is 0 Å². The van der Waals surface area contributed by atoms with Gasteiger partial charge >= 0.3 is 0 Å². The summed E-state index contributed by atoms with van der Waals surface area (Å²) in [6.07, 6.45) is 1.31. The van der Waals surface area contributed by atoms with E-state index < -0.39 is 27.3 Å². The van der Waals surface area contributed by atoms with Crippen LogP contribution < -0.4 is 11.1 Å². The second kappa shape index (κ2) is 6.09. The van der Waals surface area contributed by atoms with E-state index in [1.165, 1.54) is 12.1 Å². The van der Waals surface area contributed by atoms with Gasteiger partial charge in [0.1, 0.15) is 5.82 Å². The van der Waals surface area contributed by atoms with Crippen molar-refractivity contribution in [2.75, 3.05) is 19.4 Å². The van der Waals surface area contributed by atoms with Gasteiger partial charge in [-0.2, -0.15) is 0 Å². The summed E-state index contributed by atoms with van der Waals surface area (Å²) < 4.78 is 43.1. The third-order valence-corrected chi connectivity index (χ3v) is 6.90. The normalized spacial score (nSPS) is 31.0. The van der Waals surface area contributed by atoms with Gasteiger partial charge in [0.05, 0.1) is 22.3 Å². The van der Waals surface area contributed by atoms with Crippen LogP contribution in [-0.2, 0) is 19.4 Å². The number of rotatable bonds is 4. The van der Waals surface area contributed by atoms with E-state index in [2.05, 4.69) is 5.32 Å². The fraction of sp³-hybridized carbons (Fsp3) is 0.562. The first-order chi connectivity index (χ1) is 11.3. The van der Waals surface area contributed by atoms with E-state index in [0.717, 1.165) is 6.07 Å². The fourth-order valence-electron chi connectivity index (χ4n) is 3.49. The molecule has 132 valence electrons. The molecule has 0 bridgehead atoms. The van der Waals surface area contributed by atoms with Crippen molar-refractivity contribution in [3.05, 3.63) is 29.6 Å². The zero-order chi connectivity index (χ0) is 17.5. The zero-order valence-electron chi connectivity index (χ0n) is 13.4. The molecule has 0 saturated heterocycles. The standard InChI is InChI=1S/C16H21FN2O4S/c1-23-16(9-18)7-10(8-16)15(20)19-13-4-5-24(21,22)14-3-2-11(17)6-12(13)14/h2-3,6,10,13H,4-5,7-9,18H2,1H3,(H,19,20). The molecule has 6 nitrogen and oxygen atoms in total. The van der Waals surface area contributed by atoms with E-state index >= 15 is 0 Å². The number of fused-ring (bicyclic) bond motifs is 1. The summed E-state index contributed by atoms with van der Waals surface area (Å²) >= 11 is 0. The largest absolute Gasteiger partial charge is 0.377 e. The maximum Gasteiger partial charge on any atom is 0.223 e. The van der Waals surface area contributed by atoms with Gasteiger partial charge in [0.25, 0.3) is 0 Å². The lowest BCUT2D eigenvalue weighted by atomic mass is 9.70. The van der Waals surface area contributed by atoms with Crippen molar-refractivity contribution in [1.82, 2.24) is 5.32 Å². The molecule has 0 spiro atoms. The fourth-order valence-corrected chi connectivity index (χ4v) is 5.09. The molecule has 0 aromatic heterocycles. The Morgan fingerprint density at radius 3 is 2.79 bits per heavy atom. The topological polar surface area (TPSA) is 98.5 Å². The Labute approximate surface area is 140 Å². The number of halogens is 1. The highest BCUT2D eigenvalue weighted by Crippen LogP contribution is 2.41. The lowest BCUT2D eigenvalue weighted by Gasteiger charge is -2.45. The van der Waals surface area contributed by atoms with Gasteiger partial charge in [-0.25, -0.2) is 12.8 Å². The first-order valence-electron chi connectivity index (χ1n) is 7.88. The van der Waals surface area contributed by atoms with Crippen LogP contribution in [0.1, 0.15) is 30.9 Å². The Balaban J connectivity index is 1.75. The van der Waals surface area contributed by atoms with E-state index in [-0.39, 0.29) is 28.9 Å². The van der Waals surface area contributed by atoms with Gasteiger partial charge in [-0.3, -0.25) is 4.79 Å². The monoisotopic (exact) mass is 356 g/mol. The molecule has 1 aromatic carbocycles. The smallest absolute Gasteiger partial charge is 0.223 e. The summed E-state index contributed by atoms with van der Waals surface area (Å²) in [5.74, 6) is -0.971. The molecule has 1 saturated carbocycles. The predicted molar refractivity (Wildman–Crippen MR) is 85.5 cm³/mol. The second-order valence-electron chi connectivity index (χ2n) is 6.55. The molecule has 0 radical (unpaired) electrons. The number of ether oxygens (including phenoxy) is 1. The minimum Gasteiger partial charge on any atom is -0.377 e. The van der Waals surface area contributed by atoms with E-state index in [1.54, 1.807) is 7.11 Å². The summed E-state index contributed by atoms with van der Waals surface area (Å²) in [6.45, 7) is 0.350. The first kappa shape index (κ1) is 17.3. The van der Waals surface area contributed by atoms with Crippen LogP contribution in [0.4, 0.5) is 4.39 Å². The summed E-state index contributed by atoms with van der Waals surface area (Å²) in [5.41, 5.74) is 5.55. The van der Waals surface area contributed by atoms with Crippen LogP contribution in [0.3, 0.4) is 0 Å². The number of carbonyl (C=O) groups excluding carboxylic acids is 1. The minimum atomic E-state index is -3.42. The predicted octanol–water partition coefficient (Wildman–Crippen LogP) is 0.914. The van der Waals surface area contributed by atoms with E-state index in [9.17, 15) is 17.6 Å². The number of amides is 1. The molecule has 1 aliphatic heterocycles. The van der Waals surface area contributed by atoms with Crippen molar-refractivity contribution < 1.29 is 22.3 Å². The van der Waals surface area contributed by atoms with Crippen LogP contribution in [-0.4, -0.2) is 39.3 Å². The van der Waals surface area contributed by atoms with Crippen molar-refractivity contribution >= 4 is 15.7 Å². The molecule has 1 aromatic rings. The van der Waals surface area contributed by atoms with Gasteiger partial charge in [0.2, 0.25) is 5.91 Å². The molecule has 1 heterocycles. The van der Waals surface area contributed by atoms with Gasteiger partial charge < -0.3 is 15.8 Å². The lowest BCUT2D eigenvalue weighted by Crippen LogP contribution is -2.55. The number of nitrogens with one attached hydrogen (secondary N) is 1. The highest BCUT2D eigenvalue weighted by Gasteiger charge is 2.47. The van der Waals surface area contributed by atoms with Crippen LogP contribution in [0.25, 0.3) is 0 Å². The molecule has 1 unspecified atom stereocenters. The van der Waals surface area contributed by atoms with Crippen molar-refractivity contribution in [3.63, 3.8) is 0 Å². The zero-order valence-corrected chi connectivity index (χ0v) is 14.2. The maximum atomic E-state index is 13.5. The average Bonchev–Trinajstić information content (AvgIpc) is 2.50. The second-order valence-corrected chi connectivity index (χ2v) is 8.62. The first-order valence-corrected chi connectivity index (χ1v) is 9.53. The Morgan fingerprint density at radius 1 is 1.46 bits per heavy atom. The molecule has 1 fully saturated rings. The van der Waals surface area contributed by atoms with Crippen LogP contribution in [0.15, 0.2) is 23.1 Å². The number of sulfone groups is 1. The van der Waals surface area contributed by atoms with Crippen LogP contribution in [0, 0.1) is 11.7 Å². The molecular formula is C16H21FN2O4S. The summed E-state index contributed by atoms with van der Waals surface area (Å²) in [5, 5.41) is 2.86. The Kier molecular flexibility index (Phi) is 4.39. The van der Waals surface area contributed by atoms with E-state index in [0.29, 0.717) is 24.9 Å². The van der Waals surface area contributed by atoms with Crippen LogP contribution >= 0.6 is 0 Å². The quantitative estimate of drug-likeness (QED) is 0.782. The third-order valence-electron chi connectivity index (χ3n) is 5.09. The molecule has 3 N–H and O–H groups in total. The Bertz CT molecular complexity index is 753. The number of methoxy groups -OCH3 is 1. The highest BCUT2D eigenvalue weighted by atomic mass is 32.2. The Hall–Kier alpha value is -1.51. The van der Waals surface area contributed by atoms with Crippen molar-refractivity contribution in [1.29, 1.82) is 0 Å². The molecule has 3 rings (SSSR count). The number of hydrogen-bond donors (Lipinski definition) is 2. The van der Waals surface area contributed by atoms with Gasteiger partial charge in [-0.1, -0.05) is 0 Å². The number of hydrogen-bond acceptors (Lipinski definition) is 5. The van der Waals surface area contributed by atoms with Gasteiger partial charge in [0.15, 0.2) is 9.84 Å². The summed E-state index contributed by atoms with van der Waals surface area (Å²) in [4.78, 5) is 12.5.